The van der Waals surface area contributed by atoms with Crippen molar-refractivity contribution < 1.29 is 31.7 Å². The topological polar surface area (TPSA) is 120 Å². The Kier molecular flexibility index (Phi) is 5.08. The number of carboxylic acid groups (broad SMARTS) is 1. The summed E-state index contributed by atoms with van der Waals surface area (Å²) in [5, 5.41) is 13.8. The fourth-order valence-corrected chi connectivity index (χ4v) is 1.41. The van der Waals surface area contributed by atoms with Gasteiger partial charge in [0.1, 0.15) is 11.1 Å². The molecule has 1 aromatic heterocycles. The van der Waals surface area contributed by atoms with Crippen molar-refractivity contribution in [2.45, 2.75) is 0 Å². The lowest BCUT2D eigenvalue weighted by Gasteiger charge is -1.98. The van der Waals surface area contributed by atoms with Gasteiger partial charge in [-0.2, -0.15) is 0 Å². The highest BCUT2D eigenvalue weighted by Gasteiger charge is 2.14. The van der Waals surface area contributed by atoms with E-state index in [0.717, 1.165) is 7.11 Å². The number of fused-ring (bicyclic) bond motifs is 1. The smallest absolute Gasteiger partial charge is 0.342 e. The van der Waals surface area contributed by atoms with Gasteiger partial charge in [-0.3, -0.25) is 4.18 Å². The Labute approximate surface area is 115 Å². The van der Waals surface area contributed by atoms with E-state index in [9.17, 15) is 17.8 Å². The summed E-state index contributed by atoms with van der Waals surface area (Å²) in [5.74, 6) is -0.931. The van der Waals surface area contributed by atoms with Gasteiger partial charge in [-0.1, -0.05) is 22.9 Å². The average molecular weight is 300 g/mol. The molecule has 2 aromatic rings. The molecule has 0 saturated heterocycles. The van der Waals surface area contributed by atoms with Crippen molar-refractivity contribution in [2.75, 3.05) is 7.11 Å². The Morgan fingerprint density at radius 3 is 2.45 bits per heavy atom. The van der Waals surface area contributed by atoms with Gasteiger partial charge in [0.05, 0.1) is 7.11 Å². The summed E-state index contributed by atoms with van der Waals surface area (Å²) in [4.78, 5) is 10.9. The number of nitrogens with zero attached hydrogens (tertiary/aromatic N) is 2. The summed E-state index contributed by atoms with van der Waals surface area (Å²) in [5.41, 5.74) is 0.966. The summed E-state index contributed by atoms with van der Waals surface area (Å²) in [6.45, 7) is 0. The lowest BCUT2D eigenvalue weighted by molar-refractivity contribution is -0.728. The fraction of sp³-hybridized carbons (Fsp3) is 0.182. The summed E-state index contributed by atoms with van der Waals surface area (Å²) in [7, 11) is -1.90. The molecule has 20 heavy (non-hydrogen) atoms. The fourth-order valence-electron chi connectivity index (χ4n) is 1.41. The molecule has 0 atom stereocenters. The highest BCUT2D eigenvalue weighted by molar-refractivity contribution is 7.80. The second-order valence-corrected chi connectivity index (χ2v) is 4.76. The van der Waals surface area contributed by atoms with Gasteiger partial charge < -0.3 is 9.66 Å². The maximum Gasteiger partial charge on any atom is 0.342 e. The van der Waals surface area contributed by atoms with Gasteiger partial charge in [0.2, 0.25) is 16.6 Å². The van der Waals surface area contributed by atoms with Crippen molar-refractivity contribution in [1.82, 2.24) is 5.10 Å². The first kappa shape index (κ1) is 16.0. The van der Waals surface area contributed by atoms with E-state index >= 15 is 0 Å². The van der Waals surface area contributed by atoms with Crippen LogP contribution in [0.4, 0.5) is 0 Å². The molecule has 0 aliphatic heterocycles. The normalized spacial score (nSPS) is 10.8. The van der Waals surface area contributed by atoms with Crippen molar-refractivity contribution in [3.8, 4) is 0 Å². The van der Waals surface area contributed by atoms with Gasteiger partial charge in [0, 0.05) is 5.39 Å². The number of aryl methyl sites for hydroxylation is 1. The lowest BCUT2D eigenvalue weighted by atomic mass is 10.1. The number of rotatable bonds is 2. The second kappa shape index (κ2) is 6.37. The van der Waals surface area contributed by atoms with Crippen molar-refractivity contribution in [2.24, 2.45) is 7.05 Å². The van der Waals surface area contributed by atoms with E-state index in [-0.39, 0.29) is 5.56 Å². The minimum atomic E-state index is -4.41. The van der Waals surface area contributed by atoms with Crippen molar-refractivity contribution in [3.05, 3.63) is 36.0 Å². The van der Waals surface area contributed by atoms with Gasteiger partial charge >= 0.3 is 5.97 Å². The summed E-state index contributed by atoms with van der Waals surface area (Å²) < 4.78 is 32.5. The average Bonchev–Trinajstić information content (AvgIpc) is 2.37. The van der Waals surface area contributed by atoms with Crippen LogP contribution in [0.25, 0.3) is 10.9 Å². The molecule has 0 aliphatic rings. The van der Waals surface area contributed by atoms with Crippen molar-refractivity contribution in [3.63, 3.8) is 0 Å². The second-order valence-electron chi connectivity index (χ2n) is 3.61. The van der Waals surface area contributed by atoms with E-state index in [1.54, 1.807) is 25.2 Å². The van der Waals surface area contributed by atoms with E-state index < -0.39 is 16.4 Å². The molecule has 0 bridgehead atoms. The van der Waals surface area contributed by atoms with Gasteiger partial charge in [-0.15, -0.1) is 0 Å². The SMILES string of the molecule is COS(=O)(=O)[O-].C[n+]1cc(C(=O)O)c2ccccc2n1. The highest BCUT2D eigenvalue weighted by atomic mass is 32.3. The zero-order valence-corrected chi connectivity index (χ0v) is 11.5. The predicted molar refractivity (Wildman–Crippen MR) is 66.6 cm³/mol. The zero-order valence-electron chi connectivity index (χ0n) is 10.7. The first-order valence-corrected chi connectivity index (χ1v) is 6.58. The first-order valence-electron chi connectivity index (χ1n) is 5.25. The van der Waals surface area contributed by atoms with E-state index in [4.69, 9.17) is 5.11 Å². The number of benzene rings is 1. The molecular formula is C11H12N2O6S. The zero-order chi connectivity index (χ0) is 15.3. The number of hydrogen-bond donors (Lipinski definition) is 1. The van der Waals surface area contributed by atoms with Crippen LogP contribution in [-0.2, 0) is 21.6 Å². The standard InChI is InChI=1S/C10H8N2O2.CH4O4S/c1-12-6-8(10(13)14)7-4-2-3-5-9(7)11-12;1-5-6(2,3)4/h2-6H,1H3;1H3,(H,2,3,4). The molecule has 0 unspecified atom stereocenters. The third kappa shape index (κ3) is 4.53. The number of aromatic nitrogens is 2. The first-order chi connectivity index (χ1) is 9.24. The third-order valence-electron chi connectivity index (χ3n) is 2.21. The van der Waals surface area contributed by atoms with E-state index in [1.165, 1.54) is 10.9 Å². The molecule has 2 rings (SSSR count). The van der Waals surface area contributed by atoms with Crippen LogP contribution in [0.1, 0.15) is 10.4 Å². The van der Waals surface area contributed by atoms with Crippen LogP contribution in [-0.4, -0.2) is 36.3 Å². The number of hydrogen-bond acceptors (Lipinski definition) is 6. The minimum absolute atomic E-state index is 0.276. The molecule has 9 heteroatoms. The molecule has 1 aromatic carbocycles. The molecule has 0 saturated carbocycles. The van der Waals surface area contributed by atoms with Crippen LogP contribution in [0, 0.1) is 0 Å². The van der Waals surface area contributed by atoms with Crippen LogP contribution in [0.2, 0.25) is 0 Å². The monoisotopic (exact) mass is 300 g/mol. The maximum atomic E-state index is 10.9. The quantitative estimate of drug-likeness (QED) is 0.465. The van der Waals surface area contributed by atoms with Gasteiger partial charge in [-0.05, 0) is 11.2 Å². The van der Waals surface area contributed by atoms with Crippen LogP contribution >= 0.6 is 0 Å². The number of carboxylic acids is 1. The number of aromatic carboxylic acids is 1. The maximum absolute atomic E-state index is 10.9. The van der Waals surface area contributed by atoms with Gasteiger partial charge in [-0.25, -0.2) is 13.2 Å². The molecule has 0 fully saturated rings. The largest absolute Gasteiger partial charge is 0.726 e. The van der Waals surface area contributed by atoms with Crippen molar-refractivity contribution in [1.29, 1.82) is 0 Å². The van der Waals surface area contributed by atoms with Gasteiger partial charge in [0.25, 0.3) is 0 Å². The molecule has 0 radical (unpaired) electrons. The van der Waals surface area contributed by atoms with Crippen LogP contribution in [0.3, 0.4) is 0 Å². The Morgan fingerprint density at radius 2 is 1.95 bits per heavy atom. The highest BCUT2D eigenvalue weighted by Crippen LogP contribution is 2.13. The van der Waals surface area contributed by atoms with Crippen LogP contribution < -0.4 is 4.68 Å². The van der Waals surface area contributed by atoms with Crippen LogP contribution in [0.5, 0.6) is 0 Å². The Hall–Kier alpha value is -2.10. The molecule has 1 N–H and O–H groups in total. The summed E-state index contributed by atoms with van der Waals surface area (Å²) in [6.07, 6.45) is 1.50. The lowest BCUT2D eigenvalue weighted by Crippen LogP contribution is -2.33. The minimum Gasteiger partial charge on any atom is -0.726 e. The van der Waals surface area contributed by atoms with Crippen LogP contribution in [0.15, 0.2) is 30.5 Å². The Bertz CT molecular complexity index is 729. The molecule has 0 amide bonds. The van der Waals surface area contributed by atoms with E-state index in [1.807, 2.05) is 6.07 Å². The molecule has 0 aliphatic carbocycles. The molecule has 1 heterocycles. The Balaban J connectivity index is 0.000000286. The molecule has 0 spiro atoms. The number of carbonyl (C=O) groups is 1. The van der Waals surface area contributed by atoms with Gasteiger partial charge in [0.15, 0.2) is 7.05 Å². The van der Waals surface area contributed by atoms with E-state index in [0.29, 0.717) is 10.9 Å². The van der Waals surface area contributed by atoms with E-state index in [2.05, 4.69) is 9.28 Å². The summed E-state index contributed by atoms with van der Waals surface area (Å²) >= 11 is 0. The predicted octanol–water partition coefficient (Wildman–Crippen LogP) is -0.149. The molecule has 108 valence electrons. The molecule has 8 nitrogen and oxygen atoms in total. The van der Waals surface area contributed by atoms with Crippen molar-refractivity contribution >= 4 is 27.3 Å². The Morgan fingerprint density at radius 1 is 1.40 bits per heavy atom. The third-order valence-corrected chi connectivity index (χ3v) is 2.62. The molecular weight excluding hydrogens is 288 g/mol. The summed E-state index contributed by atoms with van der Waals surface area (Å²) in [6, 6.07) is 7.19.